The van der Waals surface area contributed by atoms with E-state index in [9.17, 15) is 15.3 Å². The van der Waals surface area contributed by atoms with Crippen LogP contribution in [0.2, 0.25) is 5.02 Å². The second-order valence-corrected chi connectivity index (χ2v) is 6.43. The average molecular weight is 362 g/mol. The molecule has 0 saturated carbocycles. The molecule has 2 aromatic heterocycles. The first-order valence-corrected chi connectivity index (χ1v) is 8.16. The molecule has 0 unspecified atom stereocenters. The van der Waals surface area contributed by atoms with Crippen LogP contribution in [-0.2, 0) is 4.74 Å². The van der Waals surface area contributed by atoms with Crippen LogP contribution in [0.25, 0.3) is 11.0 Å². The van der Waals surface area contributed by atoms with E-state index >= 15 is 0 Å². The summed E-state index contributed by atoms with van der Waals surface area (Å²) in [5.41, 5.74) is 1.12. The Morgan fingerprint density at radius 1 is 1.12 bits per heavy atom. The fourth-order valence-corrected chi connectivity index (χ4v) is 3.26. The number of fused-ring (bicyclic) bond motifs is 1. The number of nitrogens with zero attached hydrogens (tertiary/aromatic N) is 3. The average Bonchev–Trinajstić information content (AvgIpc) is 3.17. The van der Waals surface area contributed by atoms with Crippen molar-refractivity contribution in [2.45, 2.75) is 30.6 Å². The maximum Gasteiger partial charge on any atom is 0.164 e. The van der Waals surface area contributed by atoms with E-state index < -0.39 is 30.6 Å². The number of ether oxygens (including phenoxy) is 1. The van der Waals surface area contributed by atoms with E-state index in [1.165, 1.54) is 6.33 Å². The van der Waals surface area contributed by atoms with Crippen molar-refractivity contribution in [3.05, 3.63) is 59.6 Å². The first-order valence-electron chi connectivity index (χ1n) is 7.78. The molecule has 0 spiro atoms. The fraction of sp³-hybridized carbons (Fsp3) is 0.294. The lowest BCUT2D eigenvalue weighted by Gasteiger charge is -2.21. The molecule has 8 heteroatoms. The summed E-state index contributed by atoms with van der Waals surface area (Å²) in [6, 6.07) is 8.39. The van der Waals surface area contributed by atoms with Crippen molar-refractivity contribution < 1.29 is 20.1 Å². The van der Waals surface area contributed by atoms with Gasteiger partial charge in [0.1, 0.15) is 36.4 Å². The molecule has 0 radical (unpaired) electrons. The van der Waals surface area contributed by atoms with Gasteiger partial charge in [0, 0.05) is 22.8 Å². The summed E-state index contributed by atoms with van der Waals surface area (Å²) in [7, 11) is 0. The van der Waals surface area contributed by atoms with Crippen molar-refractivity contribution in [1.82, 2.24) is 14.5 Å². The Kier molecular flexibility index (Phi) is 4.18. The fourth-order valence-electron chi connectivity index (χ4n) is 3.13. The zero-order valence-corrected chi connectivity index (χ0v) is 13.7. The summed E-state index contributed by atoms with van der Waals surface area (Å²) in [4.78, 5) is 8.13. The van der Waals surface area contributed by atoms with Gasteiger partial charge in [-0.25, -0.2) is 9.97 Å². The highest BCUT2D eigenvalue weighted by Gasteiger charge is 2.47. The topological polar surface area (TPSA) is 101 Å². The molecule has 25 heavy (non-hydrogen) atoms. The van der Waals surface area contributed by atoms with E-state index in [1.54, 1.807) is 47.3 Å². The van der Waals surface area contributed by atoms with Crippen LogP contribution in [-0.4, -0.2) is 48.2 Å². The van der Waals surface area contributed by atoms with Crippen molar-refractivity contribution in [1.29, 1.82) is 0 Å². The molecule has 1 aliphatic heterocycles. The summed E-state index contributed by atoms with van der Waals surface area (Å²) in [5, 5.41) is 32.7. The smallest absolute Gasteiger partial charge is 0.164 e. The van der Waals surface area contributed by atoms with Gasteiger partial charge in [-0.2, -0.15) is 0 Å². The molecule has 3 heterocycles. The number of aliphatic hydroxyl groups is 3. The maximum atomic E-state index is 10.6. The summed E-state index contributed by atoms with van der Waals surface area (Å²) in [6.07, 6.45) is -0.671. The summed E-state index contributed by atoms with van der Waals surface area (Å²) < 4.78 is 7.43. The number of aromatic nitrogens is 3. The highest BCUT2D eigenvalue weighted by atomic mass is 35.5. The molecular formula is C17H16ClN3O4. The first kappa shape index (κ1) is 16.4. The van der Waals surface area contributed by atoms with Gasteiger partial charge in [0.05, 0.1) is 0 Å². The quantitative estimate of drug-likeness (QED) is 0.652. The minimum Gasteiger partial charge on any atom is -0.387 e. The highest BCUT2D eigenvalue weighted by Crippen LogP contribution is 2.37. The van der Waals surface area contributed by atoms with Crippen LogP contribution < -0.4 is 0 Å². The monoisotopic (exact) mass is 361 g/mol. The lowest BCUT2D eigenvalue weighted by atomic mass is 9.99. The predicted octanol–water partition coefficient (Wildman–Crippen LogP) is 1.44. The van der Waals surface area contributed by atoms with Crippen LogP contribution in [0.4, 0.5) is 0 Å². The Labute approximate surface area is 148 Å². The van der Waals surface area contributed by atoms with Crippen LogP contribution >= 0.6 is 11.6 Å². The second-order valence-electron chi connectivity index (χ2n) is 5.99. The minimum absolute atomic E-state index is 0.542. The minimum atomic E-state index is -1.25. The van der Waals surface area contributed by atoms with Crippen LogP contribution in [0.5, 0.6) is 0 Å². The molecule has 130 valence electrons. The first-order chi connectivity index (χ1) is 12.1. The molecule has 3 aromatic rings. The van der Waals surface area contributed by atoms with Crippen molar-refractivity contribution in [3.63, 3.8) is 0 Å². The van der Waals surface area contributed by atoms with Crippen molar-refractivity contribution in [2.75, 3.05) is 0 Å². The van der Waals surface area contributed by atoms with E-state index in [-0.39, 0.29) is 0 Å². The number of hydrogen-bond acceptors (Lipinski definition) is 6. The third-order valence-electron chi connectivity index (χ3n) is 4.45. The van der Waals surface area contributed by atoms with Gasteiger partial charge in [-0.1, -0.05) is 23.7 Å². The van der Waals surface area contributed by atoms with E-state index in [2.05, 4.69) is 9.97 Å². The van der Waals surface area contributed by atoms with Crippen LogP contribution in [0, 0.1) is 0 Å². The number of halogens is 1. The molecule has 3 N–H and O–H groups in total. The molecule has 5 atom stereocenters. The van der Waals surface area contributed by atoms with Gasteiger partial charge >= 0.3 is 0 Å². The largest absolute Gasteiger partial charge is 0.387 e. The third-order valence-corrected chi connectivity index (χ3v) is 4.70. The number of benzene rings is 1. The normalized spacial score (nSPS) is 27.7. The molecule has 1 aliphatic rings. The van der Waals surface area contributed by atoms with Gasteiger partial charge in [-0.15, -0.1) is 0 Å². The molecule has 7 nitrogen and oxygen atoms in total. The third kappa shape index (κ3) is 2.80. The van der Waals surface area contributed by atoms with Gasteiger partial charge in [0.2, 0.25) is 0 Å². The lowest BCUT2D eigenvalue weighted by Crippen LogP contribution is -2.34. The van der Waals surface area contributed by atoms with E-state index in [0.29, 0.717) is 16.2 Å². The van der Waals surface area contributed by atoms with Crippen molar-refractivity contribution >= 4 is 22.6 Å². The molecule has 1 fully saturated rings. The molecule has 1 aromatic carbocycles. The number of rotatable bonds is 3. The number of hydrogen-bond donors (Lipinski definition) is 3. The van der Waals surface area contributed by atoms with E-state index in [4.69, 9.17) is 16.3 Å². The van der Waals surface area contributed by atoms with Crippen molar-refractivity contribution in [3.8, 4) is 0 Å². The Morgan fingerprint density at radius 3 is 2.64 bits per heavy atom. The molecule has 1 saturated heterocycles. The Hall–Kier alpha value is -2.03. The Bertz CT molecular complexity index is 885. The second kappa shape index (κ2) is 6.36. The number of aliphatic hydroxyl groups excluding tert-OH is 3. The zero-order valence-electron chi connectivity index (χ0n) is 13.0. The zero-order chi connectivity index (χ0) is 17.6. The van der Waals surface area contributed by atoms with Gasteiger partial charge in [0.15, 0.2) is 6.23 Å². The molecule has 0 aliphatic carbocycles. The molecule has 0 bridgehead atoms. The van der Waals surface area contributed by atoms with Gasteiger partial charge in [0.25, 0.3) is 0 Å². The lowest BCUT2D eigenvalue weighted by molar-refractivity contribution is -0.0848. The van der Waals surface area contributed by atoms with Gasteiger partial charge < -0.3 is 24.6 Å². The summed E-state index contributed by atoms with van der Waals surface area (Å²) >= 11 is 5.86. The van der Waals surface area contributed by atoms with Gasteiger partial charge in [-0.3, -0.25) is 0 Å². The SMILES string of the molecule is O[C@@H]1[C@H](O)[C@@H]([C@H](O)c2ccc(Cl)cc2)O[C@H]1n1ccc2cncnc21. The van der Waals surface area contributed by atoms with E-state index in [1.807, 2.05) is 0 Å². The van der Waals surface area contributed by atoms with Gasteiger partial charge in [-0.05, 0) is 23.8 Å². The molecular weight excluding hydrogens is 346 g/mol. The molecule has 4 rings (SSSR count). The van der Waals surface area contributed by atoms with E-state index in [0.717, 1.165) is 5.39 Å². The predicted molar refractivity (Wildman–Crippen MR) is 89.9 cm³/mol. The highest BCUT2D eigenvalue weighted by molar-refractivity contribution is 6.30. The van der Waals surface area contributed by atoms with Crippen LogP contribution in [0.3, 0.4) is 0 Å². The Balaban J connectivity index is 1.63. The van der Waals surface area contributed by atoms with Crippen molar-refractivity contribution in [2.24, 2.45) is 0 Å². The Morgan fingerprint density at radius 2 is 1.88 bits per heavy atom. The standard InChI is InChI=1S/C17H16ClN3O4/c18-11-3-1-9(2-4-11)12(22)15-13(23)14(24)17(25-15)21-6-5-10-7-19-8-20-16(10)21/h1-8,12-15,17,22-24H/t12-,13+,14-,15-,17-/m1/s1. The van der Waals surface area contributed by atoms with Crippen LogP contribution in [0.1, 0.15) is 17.9 Å². The summed E-state index contributed by atoms with van der Waals surface area (Å²) in [6.45, 7) is 0. The van der Waals surface area contributed by atoms with Crippen LogP contribution in [0.15, 0.2) is 49.1 Å². The maximum absolute atomic E-state index is 10.6. The summed E-state index contributed by atoms with van der Waals surface area (Å²) in [5.74, 6) is 0. The molecule has 0 amide bonds.